The summed E-state index contributed by atoms with van der Waals surface area (Å²) >= 11 is 0. The normalized spacial score (nSPS) is 10.7. The summed E-state index contributed by atoms with van der Waals surface area (Å²) in [5, 5.41) is 13.9. The van der Waals surface area contributed by atoms with Crippen molar-refractivity contribution >= 4 is 0 Å². The second kappa shape index (κ2) is 3.61. The van der Waals surface area contributed by atoms with E-state index in [1.54, 1.807) is 6.20 Å². The molecule has 0 radical (unpaired) electrons. The minimum absolute atomic E-state index is 0.722. The summed E-state index contributed by atoms with van der Waals surface area (Å²) in [6, 6.07) is 0. The Morgan fingerprint density at radius 2 is 2.21 bits per heavy atom. The van der Waals surface area contributed by atoms with Gasteiger partial charge < -0.3 is 0 Å². The number of rotatable bonds is 3. The molecule has 0 aromatic carbocycles. The Balaban J connectivity index is 2.29. The van der Waals surface area contributed by atoms with Crippen molar-refractivity contribution in [3.05, 3.63) is 17.7 Å². The van der Waals surface area contributed by atoms with E-state index in [1.807, 2.05) is 6.92 Å². The summed E-state index contributed by atoms with van der Waals surface area (Å²) in [7, 11) is 0. The predicted molar refractivity (Wildman–Crippen MR) is 52.7 cm³/mol. The van der Waals surface area contributed by atoms with Crippen LogP contribution in [-0.4, -0.2) is 25.4 Å². The molecule has 74 valence electrons. The molecular weight excluding hydrogens is 178 g/mol. The minimum Gasteiger partial charge on any atom is -0.282 e. The average Bonchev–Trinajstić information content (AvgIpc) is 2.74. The van der Waals surface area contributed by atoms with Gasteiger partial charge in [-0.3, -0.25) is 10.2 Å². The van der Waals surface area contributed by atoms with Gasteiger partial charge in [0.2, 0.25) is 0 Å². The third-order valence-electron chi connectivity index (χ3n) is 2.09. The lowest BCUT2D eigenvalue weighted by Crippen LogP contribution is -1.85. The second-order valence-corrected chi connectivity index (χ2v) is 3.26. The summed E-state index contributed by atoms with van der Waals surface area (Å²) in [5.74, 6) is 1.66. The number of hydrogen-bond acceptors (Lipinski definition) is 3. The van der Waals surface area contributed by atoms with Gasteiger partial charge in [-0.05, 0) is 13.3 Å². The van der Waals surface area contributed by atoms with E-state index < -0.39 is 0 Å². The molecule has 5 nitrogen and oxygen atoms in total. The molecule has 2 aromatic heterocycles. The average molecular weight is 191 g/mol. The van der Waals surface area contributed by atoms with Crippen molar-refractivity contribution in [1.82, 2.24) is 25.4 Å². The van der Waals surface area contributed by atoms with Gasteiger partial charge in [-0.15, -0.1) is 0 Å². The van der Waals surface area contributed by atoms with Gasteiger partial charge >= 0.3 is 0 Å². The number of hydrogen-bond donors (Lipinski definition) is 2. The van der Waals surface area contributed by atoms with Crippen LogP contribution in [0.5, 0.6) is 0 Å². The summed E-state index contributed by atoms with van der Waals surface area (Å²) in [6.07, 6.45) is 3.75. The Bertz CT molecular complexity index is 414. The molecule has 0 saturated carbocycles. The number of H-pyrrole nitrogens is 2. The van der Waals surface area contributed by atoms with Crippen LogP contribution in [0.2, 0.25) is 0 Å². The fourth-order valence-electron chi connectivity index (χ4n) is 1.34. The minimum atomic E-state index is 0.722. The molecule has 0 saturated heterocycles. The molecule has 5 heteroatoms. The van der Waals surface area contributed by atoms with E-state index in [0.29, 0.717) is 0 Å². The van der Waals surface area contributed by atoms with Crippen molar-refractivity contribution in [2.45, 2.75) is 26.7 Å². The first-order valence-electron chi connectivity index (χ1n) is 4.73. The third-order valence-corrected chi connectivity index (χ3v) is 2.09. The lowest BCUT2D eigenvalue weighted by molar-refractivity contribution is 0.841. The molecule has 0 unspecified atom stereocenters. The quantitative estimate of drug-likeness (QED) is 0.771. The van der Waals surface area contributed by atoms with E-state index in [9.17, 15) is 0 Å². The Morgan fingerprint density at radius 3 is 2.86 bits per heavy atom. The molecule has 0 spiro atoms. The van der Waals surface area contributed by atoms with Crippen molar-refractivity contribution in [1.29, 1.82) is 0 Å². The summed E-state index contributed by atoms with van der Waals surface area (Å²) in [5.41, 5.74) is 1.95. The summed E-state index contributed by atoms with van der Waals surface area (Å²) in [4.78, 5) is 4.38. The molecular formula is C9H13N5. The van der Waals surface area contributed by atoms with Gasteiger partial charge in [-0.25, -0.2) is 4.98 Å². The van der Waals surface area contributed by atoms with Crippen LogP contribution < -0.4 is 0 Å². The molecule has 2 heterocycles. The molecule has 0 aliphatic carbocycles. The summed E-state index contributed by atoms with van der Waals surface area (Å²) in [6.45, 7) is 4.07. The van der Waals surface area contributed by atoms with Crippen LogP contribution in [0.25, 0.3) is 11.4 Å². The number of aromatic amines is 2. The molecule has 2 aromatic rings. The van der Waals surface area contributed by atoms with Gasteiger partial charge in [-0.2, -0.15) is 10.2 Å². The third kappa shape index (κ3) is 1.53. The SMILES string of the molecule is CCCc1nc(-c2cn[nH]c2C)n[nH]1. The molecule has 0 amide bonds. The molecule has 2 rings (SSSR count). The van der Waals surface area contributed by atoms with Crippen molar-refractivity contribution in [2.75, 3.05) is 0 Å². The van der Waals surface area contributed by atoms with E-state index >= 15 is 0 Å². The highest BCUT2D eigenvalue weighted by Gasteiger charge is 2.09. The molecule has 0 fully saturated rings. The lowest BCUT2D eigenvalue weighted by Gasteiger charge is -1.89. The lowest BCUT2D eigenvalue weighted by atomic mass is 10.2. The first kappa shape index (κ1) is 8.93. The van der Waals surface area contributed by atoms with E-state index in [1.165, 1.54) is 0 Å². The van der Waals surface area contributed by atoms with Crippen molar-refractivity contribution in [3.63, 3.8) is 0 Å². The Kier molecular flexibility index (Phi) is 2.30. The maximum absolute atomic E-state index is 4.38. The number of aromatic nitrogens is 5. The highest BCUT2D eigenvalue weighted by molar-refractivity contribution is 5.55. The van der Waals surface area contributed by atoms with Crippen LogP contribution >= 0.6 is 0 Å². The zero-order chi connectivity index (χ0) is 9.97. The second-order valence-electron chi connectivity index (χ2n) is 3.26. The van der Waals surface area contributed by atoms with E-state index in [0.717, 1.165) is 35.7 Å². The standard InChI is InChI=1S/C9H13N5/c1-3-4-8-11-9(14-13-8)7-5-10-12-6(7)2/h5H,3-4H2,1-2H3,(H,10,12)(H,11,13,14). The van der Waals surface area contributed by atoms with Crippen molar-refractivity contribution in [2.24, 2.45) is 0 Å². The zero-order valence-corrected chi connectivity index (χ0v) is 8.33. The predicted octanol–water partition coefficient (Wildman–Crippen LogP) is 1.46. The molecule has 0 bridgehead atoms. The zero-order valence-electron chi connectivity index (χ0n) is 8.33. The van der Waals surface area contributed by atoms with Crippen LogP contribution in [0.4, 0.5) is 0 Å². The van der Waals surface area contributed by atoms with Crippen molar-refractivity contribution < 1.29 is 0 Å². The Morgan fingerprint density at radius 1 is 1.36 bits per heavy atom. The van der Waals surface area contributed by atoms with Crippen molar-refractivity contribution in [3.8, 4) is 11.4 Å². The molecule has 0 aliphatic heterocycles. The Labute approximate surface area is 82.0 Å². The largest absolute Gasteiger partial charge is 0.282 e. The highest BCUT2D eigenvalue weighted by atomic mass is 15.2. The van der Waals surface area contributed by atoms with Crippen LogP contribution in [0, 0.1) is 6.92 Å². The number of nitrogens with one attached hydrogen (secondary N) is 2. The maximum atomic E-state index is 4.38. The van der Waals surface area contributed by atoms with Crippen LogP contribution in [0.15, 0.2) is 6.20 Å². The number of aryl methyl sites for hydroxylation is 2. The van der Waals surface area contributed by atoms with E-state index in [2.05, 4.69) is 32.3 Å². The smallest absolute Gasteiger partial charge is 0.184 e. The molecule has 0 aliphatic rings. The van der Waals surface area contributed by atoms with Gasteiger partial charge in [0, 0.05) is 12.1 Å². The van der Waals surface area contributed by atoms with Gasteiger partial charge in [0.1, 0.15) is 5.82 Å². The van der Waals surface area contributed by atoms with Gasteiger partial charge in [0.15, 0.2) is 5.82 Å². The first-order valence-corrected chi connectivity index (χ1v) is 4.73. The van der Waals surface area contributed by atoms with Crippen LogP contribution in [0.3, 0.4) is 0 Å². The van der Waals surface area contributed by atoms with Crippen LogP contribution in [-0.2, 0) is 6.42 Å². The molecule has 0 atom stereocenters. The van der Waals surface area contributed by atoms with E-state index in [-0.39, 0.29) is 0 Å². The topological polar surface area (TPSA) is 70.2 Å². The number of nitrogens with zero attached hydrogens (tertiary/aromatic N) is 3. The van der Waals surface area contributed by atoms with Gasteiger partial charge in [-0.1, -0.05) is 6.92 Å². The Hall–Kier alpha value is -1.65. The maximum Gasteiger partial charge on any atom is 0.184 e. The van der Waals surface area contributed by atoms with Gasteiger partial charge in [0.05, 0.1) is 11.8 Å². The monoisotopic (exact) mass is 191 g/mol. The highest BCUT2D eigenvalue weighted by Crippen LogP contribution is 2.16. The summed E-state index contributed by atoms with van der Waals surface area (Å²) < 4.78 is 0. The molecule has 14 heavy (non-hydrogen) atoms. The fraction of sp³-hybridized carbons (Fsp3) is 0.444. The van der Waals surface area contributed by atoms with Crippen LogP contribution in [0.1, 0.15) is 24.9 Å². The van der Waals surface area contributed by atoms with E-state index in [4.69, 9.17) is 0 Å². The van der Waals surface area contributed by atoms with Gasteiger partial charge in [0.25, 0.3) is 0 Å². The fourth-order valence-corrected chi connectivity index (χ4v) is 1.34. The molecule has 2 N–H and O–H groups in total. The first-order chi connectivity index (χ1) is 6.81.